The van der Waals surface area contributed by atoms with E-state index in [1.54, 1.807) is 0 Å². The minimum absolute atomic E-state index is 0.0149. The zero-order valence-electron chi connectivity index (χ0n) is 21.6. The number of pyridine rings is 1. The lowest BCUT2D eigenvalue weighted by Crippen LogP contribution is -2.47. The van der Waals surface area contributed by atoms with Crippen molar-refractivity contribution in [3.63, 3.8) is 0 Å². The second kappa shape index (κ2) is 12.2. The fraction of sp³-hybridized carbons (Fsp3) is 0.577. The Hall–Kier alpha value is -2.66. The van der Waals surface area contributed by atoms with E-state index in [4.69, 9.17) is 28.9 Å². The van der Waals surface area contributed by atoms with E-state index in [1.165, 1.54) is 12.4 Å². The van der Waals surface area contributed by atoms with E-state index >= 15 is 0 Å². The monoisotopic (exact) mass is 590 g/mol. The average molecular weight is 591 g/mol. The summed E-state index contributed by atoms with van der Waals surface area (Å²) in [7, 11) is 0. The van der Waals surface area contributed by atoms with Crippen molar-refractivity contribution in [2.75, 3.05) is 13.1 Å². The van der Waals surface area contributed by atoms with Crippen LogP contribution in [0, 0.1) is 17.3 Å². The molecule has 2 aliphatic carbocycles. The highest BCUT2D eigenvalue weighted by Crippen LogP contribution is 2.45. The Labute approximate surface area is 234 Å². The lowest BCUT2D eigenvalue weighted by molar-refractivity contribution is -0.142. The summed E-state index contributed by atoms with van der Waals surface area (Å²) in [6, 6.07) is -0.822. The summed E-state index contributed by atoms with van der Waals surface area (Å²) in [5, 5.41) is 9.08. The lowest BCUT2D eigenvalue weighted by Gasteiger charge is -2.44. The first kappa shape index (κ1) is 30.9. The molecule has 1 aromatic rings. The zero-order valence-corrected chi connectivity index (χ0v) is 23.1. The second-order valence-corrected chi connectivity index (χ2v) is 11.7. The predicted octanol–water partition coefficient (Wildman–Crippen LogP) is 5.33. The Morgan fingerprint density at radius 2 is 1.72 bits per heavy atom. The SMILES string of the molecule is CC1(C)CC(CN(CC(=O)c2c(Cl)cncc2Cl)C(=O)C(=CN)C(=NC2CCC(C(=O)O)CC2)C(F)(F)F)C1. The van der Waals surface area contributed by atoms with Gasteiger partial charge in [-0.15, -0.1) is 0 Å². The second-order valence-electron chi connectivity index (χ2n) is 10.9. The van der Waals surface area contributed by atoms with E-state index < -0.39 is 53.6 Å². The van der Waals surface area contributed by atoms with Gasteiger partial charge in [0.15, 0.2) is 11.5 Å². The zero-order chi connectivity index (χ0) is 29.1. The Bertz CT molecular complexity index is 1150. The number of nitrogens with two attached hydrogens (primary N) is 1. The minimum Gasteiger partial charge on any atom is -0.481 e. The molecule has 1 heterocycles. The number of alkyl halides is 3. The van der Waals surface area contributed by atoms with Gasteiger partial charge in [0, 0.05) is 25.1 Å². The molecule has 0 saturated heterocycles. The van der Waals surface area contributed by atoms with Crippen molar-refractivity contribution in [1.29, 1.82) is 0 Å². The number of carboxylic acid groups (broad SMARTS) is 1. The van der Waals surface area contributed by atoms with E-state index in [0.29, 0.717) is 6.20 Å². The molecular formula is C26H31Cl2F3N4O4. The standard InChI is InChI=1S/C26H31Cl2F3N4O4/c1-25(2)7-14(8-25)12-35(13-20(36)21-18(27)10-33-11-19(21)28)23(37)17(9-32)22(26(29,30)31)34-16-5-3-15(4-6-16)24(38)39/h9-11,14-16H,3-8,12-13,32H2,1-2H3,(H,38,39). The number of rotatable bonds is 9. The normalized spacial score (nSPS) is 22.2. The molecule has 2 fully saturated rings. The van der Waals surface area contributed by atoms with Crippen LogP contribution in [0.5, 0.6) is 0 Å². The number of aromatic nitrogens is 1. The quantitative estimate of drug-likeness (QED) is 0.227. The minimum atomic E-state index is -5.02. The van der Waals surface area contributed by atoms with Gasteiger partial charge in [0.25, 0.3) is 5.91 Å². The van der Waals surface area contributed by atoms with Crippen molar-refractivity contribution in [1.82, 2.24) is 9.88 Å². The number of carbonyl (C=O) groups is 3. The van der Waals surface area contributed by atoms with Crippen LogP contribution >= 0.6 is 23.2 Å². The van der Waals surface area contributed by atoms with E-state index in [0.717, 1.165) is 17.7 Å². The van der Waals surface area contributed by atoms with Crippen LogP contribution in [0.2, 0.25) is 10.0 Å². The van der Waals surface area contributed by atoms with Gasteiger partial charge < -0.3 is 15.7 Å². The van der Waals surface area contributed by atoms with Crippen molar-refractivity contribution >= 4 is 46.6 Å². The molecule has 3 N–H and O–H groups in total. The molecule has 2 aliphatic rings. The number of carbonyl (C=O) groups excluding carboxylic acids is 2. The molecule has 0 aliphatic heterocycles. The molecule has 1 aromatic heterocycles. The lowest BCUT2D eigenvalue weighted by atomic mass is 9.64. The van der Waals surface area contributed by atoms with Crippen molar-refractivity contribution < 1.29 is 32.7 Å². The maximum Gasteiger partial charge on any atom is 0.433 e. The largest absolute Gasteiger partial charge is 0.481 e. The number of Topliss-reactive ketones (excluding diaryl/α,β-unsaturated/α-hetero) is 1. The van der Waals surface area contributed by atoms with Crippen LogP contribution in [0.4, 0.5) is 13.2 Å². The molecule has 0 bridgehead atoms. The average Bonchev–Trinajstić information content (AvgIpc) is 2.81. The molecule has 13 heteroatoms. The van der Waals surface area contributed by atoms with Gasteiger partial charge >= 0.3 is 12.1 Å². The fourth-order valence-corrected chi connectivity index (χ4v) is 6.02. The first-order valence-electron chi connectivity index (χ1n) is 12.5. The maximum absolute atomic E-state index is 14.2. The third-order valence-electron chi connectivity index (χ3n) is 7.19. The van der Waals surface area contributed by atoms with Crippen LogP contribution in [0.25, 0.3) is 0 Å². The Morgan fingerprint density at radius 1 is 1.15 bits per heavy atom. The van der Waals surface area contributed by atoms with Crippen LogP contribution in [-0.2, 0) is 9.59 Å². The van der Waals surface area contributed by atoms with Crippen molar-refractivity contribution in [3.05, 3.63) is 39.8 Å². The molecule has 39 heavy (non-hydrogen) atoms. The number of halogens is 5. The highest BCUT2D eigenvalue weighted by atomic mass is 35.5. The molecule has 8 nitrogen and oxygen atoms in total. The molecule has 3 rings (SSSR count). The molecule has 0 radical (unpaired) electrons. The number of hydrogen-bond donors (Lipinski definition) is 2. The number of aliphatic imine (C=N–C) groups is 1. The van der Waals surface area contributed by atoms with Crippen molar-refractivity contribution in [2.24, 2.45) is 28.0 Å². The molecule has 0 atom stereocenters. The van der Waals surface area contributed by atoms with Gasteiger partial charge in [-0.25, -0.2) is 0 Å². The third-order valence-corrected chi connectivity index (χ3v) is 7.77. The molecular weight excluding hydrogens is 560 g/mol. The number of nitrogens with zero attached hydrogens (tertiary/aromatic N) is 3. The van der Waals surface area contributed by atoms with Crippen LogP contribution in [0.1, 0.15) is 62.7 Å². The van der Waals surface area contributed by atoms with Gasteiger partial charge in [0.1, 0.15) is 0 Å². The predicted molar refractivity (Wildman–Crippen MR) is 141 cm³/mol. The highest BCUT2D eigenvalue weighted by molar-refractivity contribution is 6.39. The van der Waals surface area contributed by atoms with Gasteiger partial charge in [-0.05, 0) is 49.9 Å². The number of amides is 1. The van der Waals surface area contributed by atoms with Crippen LogP contribution < -0.4 is 5.73 Å². The summed E-state index contributed by atoms with van der Waals surface area (Å²) < 4.78 is 42.6. The molecule has 2 saturated carbocycles. The van der Waals surface area contributed by atoms with Gasteiger partial charge in [0.2, 0.25) is 0 Å². The Kier molecular flexibility index (Phi) is 9.69. The Balaban J connectivity index is 1.91. The number of ketones is 1. The summed E-state index contributed by atoms with van der Waals surface area (Å²) in [4.78, 5) is 46.7. The van der Waals surface area contributed by atoms with Crippen LogP contribution in [0.3, 0.4) is 0 Å². The van der Waals surface area contributed by atoms with Crippen molar-refractivity contribution in [3.8, 4) is 0 Å². The summed E-state index contributed by atoms with van der Waals surface area (Å²) in [5.41, 5.74) is 3.19. The van der Waals surface area contributed by atoms with Gasteiger partial charge in [0.05, 0.1) is 39.7 Å². The first-order chi connectivity index (χ1) is 18.1. The number of carboxylic acids is 1. The van der Waals surface area contributed by atoms with Gasteiger partial charge in [-0.1, -0.05) is 37.0 Å². The molecule has 214 valence electrons. The molecule has 0 spiro atoms. The first-order valence-corrected chi connectivity index (χ1v) is 13.3. The summed E-state index contributed by atoms with van der Waals surface area (Å²) >= 11 is 12.2. The van der Waals surface area contributed by atoms with E-state index in [1.807, 2.05) is 13.8 Å². The van der Waals surface area contributed by atoms with E-state index in [2.05, 4.69) is 9.98 Å². The maximum atomic E-state index is 14.2. The molecule has 1 amide bonds. The summed E-state index contributed by atoms with van der Waals surface area (Å²) in [5.74, 6) is -3.42. The smallest absolute Gasteiger partial charge is 0.433 e. The fourth-order valence-electron chi connectivity index (χ4n) is 5.45. The van der Waals surface area contributed by atoms with Crippen LogP contribution in [-0.4, -0.2) is 63.7 Å². The van der Waals surface area contributed by atoms with Gasteiger partial charge in [-0.3, -0.25) is 24.4 Å². The van der Waals surface area contributed by atoms with E-state index in [9.17, 15) is 32.7 Å². The number of hydrogen-bond acceptors (Lipinski definition) is 6. The van der Waals surface area contributed by atoms with Crippen LogP contribution in [0.15, 0.2) is 29.2 Å². The summed E-state index contributed by atoms with van der Waals surface area (Å²) in [6.07, 6.45) is 0.00292. The van der Waals surface area contributed by atoms with E-state index in [-0.39, 0.29) is 59.2 Å². The Morgan fingerprint density at radius 3 is 2.18 bits per heavy atom. The topological polar surface area (TPSA) is 126 Å². The highest BCUT2D eigenvalue weighted by Gasteiger charge is 2.44. The van der Waals surface area contributed by atoms with Gasteiger partial charge in [-0.2, -0.15) is 13.2 Å². The molecule has 0 unspecified atom stereocenters. The number of aliphatic carboxylic acids is 1. The van der Waals surface area contributed by atoms with Crippen molar-refractivity contribution in [2.45, 2.75) is 64.6 Å². The third kappa shape index (κ3) is 7.72. The summed E-state index contributed by atoms with van der Waals surface area (Å²) in [6.45, 7) is 3.53. The molecule has 0 aromatic carbocycles.